The number of hydrogen-bond donors (Lipinski definition) is 0. The zero-order chi connectivity index (χ0) is 31.3. The SMILES string of the molecule is CC1(C)c2ccc(-c3cccc(-c4cc5ccccc5c5ccccc45)c3)cc2-c2ccc3c4ccccc4c4ccccc4c3c21. The van der Waals surface area contributed by atoms with E-state index in [0.29, 0.717) is 0 Å². The maximum absolute atomic E-state index is 2.44. The highest BCUT2D eigenvalue weighted by atomic mass is 14.4. The molecule has 0 aliphatic heterocycles. The summed E-state index contributed by atoms with van der Waals surface area (Å²) in [6.45, 7) is 4.82. The summed E-state index contributed by atoms with van der Waals surface area (Å²) in [6, 6.07) is 58.8. The first-order valence-corrected chi connectivity index (χ1v) is 16.6. The Kier molecular flexibility index (Phi) is 5.44. The van der Waals surface area contributed by atoms with E-state index in [4.69, 9.17) is 0 Å². The van der Waals surface area contributed by atoms with Crippen LogP contribution in [0.4, 0.5) is 0 Å². The second-order valence-electron chi connectivity index (χ2n) is 13.7. The molecule has 1 aliphatic rings. The standard InChI is InChI=1S/C47H32/c1-47(2)44-25-22-30(29-13-11-14-31(26-29)42-28-32-12-3-4-15-33(32)34-16-5-8-20-38(34)42)27-43(44)41-24-23-40-37-19-7-6-17-35(37)36-18-9-10-21-39(36)45(40)46(41)47/h3-28H,1-2H3. The Bertz CT molecular complexity index is 2720. The normalized spacial score (nSPS) is 13.5. The van der Waals surface area contributed by atoms with Crippen LogP contribution in [0.1, 0.15) is 25.0 Å². The van der Waals surface area contributed by atoms with Gasteiger partial charge < -0.3 is 0 Å². The van der Waals surface area contributed by atoms with Crippen LogP contribution in [-0.2, 0) is 5.41 Å². The van der Waals surface area contributed by atoms with Crippen molar-refractivity contribution in [3.63, 3.8) is 0 Å². The fraction of sp³-hybridized carbons (Fsp3) is 0.0638. The van der Waals surface area contributed by atoms with Crippen LogP contribution in [0.2, 0.25) is 0 Å². The Morgan fingerprint density at radius 3 is 1.64 bits per heavy atom. The molecule has 0 aromatic heterocycles. The Balaban J connectivity index is 1.18. The molecule has 0 nitrogen and oxygen atoms in total. The number of benzene rings is 9. The zero-order valence-electron chi connectivity index (χ0n) is 26.5. The van der Waals surface area contributed by atoms with Gasteiger partial charge in [-0.2, -0.15) is 0 Å². The average molecular weight is 597 g/mol. The number of hydrogen-bond acceptors (Lipinski definition) is 0. The Labute approximate surface area is 274 Å². The molecule has 0 unspecified atom stereocenters. The fourth-order valence-corrected chi connectivity index (χ4v) is 8.66. The predicted molar refractivity (Wildman–Crippen MR) is 202 cm³/mol. The smallest absolute Gasteiger partial charge is 0.0165 e. The van der Waals surface area contributed by atoms with Crippen LogP contribution in [-0.4, -0.2) is 0 Å². The van der Waals surface area contributed by atoms with Crippen molar-refractivity contribution in [1.82, 2.24) is 0 Å². The van der Waals surface area contributed by atoms with E-state index in [1.54, 1.807) is 0 Å². The molecule has 47 heavy (non-hydrogen) atoms. The van der Waals surface area contributed by atoms with E-state index in [1.807, 2.05) is 0 Å². The first kappa shape index (κ1) is 26.5. The molecule has 0 bridgehead atoms. The molecule has 0 radical (unpaired) electrons. The van der Waals surface area contributed by atoms with E-state index < -0.39 is 0 Å². The first-order valence-electron chi connectivity index (χ1n) is 16.6. The van der Waals surface area contributed by atoms with Crippen LogP contribution >= 0.6 is 0 Å². The minimum atomic E-state index is -0.125. The molecule has 0 heterocycles. The fourth-order valence-electron chi connectivity index (χ4n) is 8.66. The molecule has 0 heteroatoms. The van der Waals surface area contributed by atoms with Gasteiger partial charge >= 0.3 is 0 Å². The quantitative estimate of drug-likeness (QED) is 0.174. The van der Waals surface area contributed by atoms with Crippen molar-refractivity contribution in [2.75, 3.05) is 0 Å². The molecular formula is C47H32. The molecular weight excluding hydrogens is 565 g/mol. The van der Waals surface area contributed by atoms with Crippen LogP contribution in [0.15, 0.2) is 158 Å². The van der Waals surface area contributed by atoms with Crippen molar-refractivity contribution in [2.45, 2.75) is 19.3 Å². The third kappa shape index (κ3) is 3.70. The minimum absolute atomic E-state index is 0.125. The molecule has 0 amide bonds. The van der Waals surface area contributed by atoms with Gasteiger partial charge in [-0.15, -0.1) is 0 Å². The molecule has 220 valence electrons. The summed E-state index contributed by atoms with van der Waals surface area (Å²) in [5, 5.41) is 13.2. The Hall–Kier alpha value is -5.72. The lowest BCUT2D eigenvalue weighted by Crippen LogP contribution is -2.15. The van der Waals surface area contributed by atoms with Crippen LogP contribution in [0, 0.1) is 0 Å². The van der Waals surface area contributed by atoms with E-state index in [1.165, 1.54) is 98.4 Å². The molecule has 0 fully saturated rings. The average Bonchev–Trinajstić information content (AvgIpc) is 3.37. The topological polar surface area (TPSA) is 0 Å². The molecule has 9 aromatic carbocycles. The van der Waals surface area contributed by atoms with Crippen molar-refractivity contribution in [2.24, 2.45) is 0 Å². The summed E-state index contributed by atoms with van der Waals surface area (Å²) in [4.78, 5) is 0. The Morgan fingerprint density at radius 1 is 0.340 bits per heavy atom. The molecule has 0 atom stereocenters. The van der Waals surface area contributed by atoms with Gasteiger partial charge in [0.05, 0.1) is 0 Å². The van der Waals surface area contributed by atoms with Crippen molar-refractivity contribution in [3.05, 3.63) is 169 Å². The maximum atomic E-state index is 2.44. The maximum Gasteiger partial charge on any atom is 0.0165 e. The van der Waals surface area contributed by atoms with Gasteiger partial charge in [-0.1, -0.05) is 153 Å². The summed E-state index contributed by atoms with van der Waals surface area (Å²) >= 11 is 0. The van der Waals surface area contributed by atoms with Gasteiger partial charge in [-0.05, 0) is 117 Å². The van der Waals surface area contributed by atoms with Gasteiger partial charge in [-0.25, -0.2) is 0 Å². The third-order valence-corrected chi connectivity index (χ3v) is 10.8. The van der Waals surface area contributed by atoms with E-state index in [9.17, 15) is 0 Å². The van der Waals surface area contributed by atoms with Crippen molar-refractivity contribution in [3.8, 4) is 33.4 Å². The second-order valence-corrected chi connectivity index (χ2v) is 13.7. The highest BCUT2D eigenvalue weighted by Crippen LogP contribution is 2.54. The van der Waals surface area contributed by atoms with Crippen molar-refractivity contribution >= 4 is 53.9 Å². The lowest BCUT2D eigenvalue weighted by Gasteiger charge is -2.24. The molecule has 9 aromatic rings. The molecule has 0 spiro atoms. The second kappa shape index (κ2) is 9.64. The summed E-state index contributed by atoms with van der Waals surface area (Å²) in [5.41, 5.74) is 10.4. The number of rotatable bonds is 2. The van der Waals surface area contributed by atoms with Crippen molar-refractivity contribution in [1.29, 1.82) is 0 Å². The highest BCUT2D eigenvalue weighted by Gasteiger charge is 2.37. The van der Waals surface area contributed by atoms with Crippen molar-refractivity contribution < 1.29 is 0 Å². The number of fused-ring (bicyclic) bond motifs is 13. The van der Waals surface area contributed by atoms with E-state index in [-0.39, 0.29) is 5.41 Å². The minimum Gasteiger partial charge on any atom is -0.0616 e. The van der Waals surface area contributed by atoms with Gasteiger partial charge in [0, 0.05) is 5.41 Å². The van der Waals surface area contributed by atoms with Gasteiger partial charge in [0.25, 0.3) is 0 Å². The van der Waals surface area contributed by atoms with Gasteiger partial charge in [-0.3, -0.25) is 0 Å². The Morgan fingerprint density at radius 2 is 0.894 bits per heavy atom. The molecule has 0 saturated carbocycles. The van der Waals surface area contributed by atoms with E-state index >= 15 is 0 Å². The lowest BCUT2D eigenvalue weighted by molar-refractivity contribution is 0.667. The first-order chi connectivity index (χ1) is 23.1. The predicted octanol–water partition coefficient (Wildman–Crippen LogP) is 13.1. The molecule has 0 saturated heterocycles. The van der Waals surface area contributed by atoms with Gasteiger partial charge in [0.1, 0.15) is 0 Å². The van der Waals surface area contributed by atoms with Crippen LogP contribution in [0.5, 0.6) is 0 Å². The largest absolute Gasteiger partial charge is 0.0616 e. The van der Waals surface area contributed by atoms with E-state index in [0.717, 1.165) is 0 Å². The van der Waals surface area contributed by atoms with Crippen LogP contribution in [0.3, 0.4) is 0 Å². The van der Waals surface area contributed by atoms with Gasteiger partial charge in [0.2, 0.25) is 0 Å². The molecule has 0 N–H and O–H groups in total. The summed E-state index contributed by atoms with van der Waals surface area (Å²) < 4.78 is 0. The lowest BCUT2D eigenvalue weighted by atomic mass is 9.78. The molecule has 10 rings (SSSR count). The summed E-state index contributed by atoms with van der Waals surface area (Å²) in [7, 11) is 0. The summed E-state index contributed by atoms with van der Waals surface area (Å²) in [5.74, 6) is 0. The monoisotopic (exact) mass is 596 g/mol. The third-order valence-electron chi connectivity index (χ3n) is 10.8. The highest BCUT2D eigenvalue weighted by molar-refractivity contribution is 6.27. The summed E-state index contributed by atoms with van der Waals surface area (Å²) in [6.07, 6.45) is 0. The van der Waals surface area contributed by atoms with E-state index in [2.05, 4.69) is 172 Å². The van der Waals surface area contributed by atoms with Crippen LogP contribution in [0.25, 0.3) is 87.2 Å². The molecule has 1 aliphatic carbocycles. The zero-order valence-corrected chi connectivity index (χ0v) is 26.5. The van der Waals surface area contributed by atoms with Crippen LogP contribution < -0.4 is 0 Å². The van der Waals surface area contributed by atoms with Gasteiger partial charge in [0.15, 0.2) is 0 Å².